The lowest BCUT2D eigenvalue weighted by atomic mass is 9.98. The van der Waals surface area contributed by atoms with E-state index in [-0.39, 0.29) is 6.10 Å². The van der Waals surface area contributed by atoms with Crippen LogP contribution in [0.5, 0.6) is 5.75 Å². The van der Waals surface area contributed by atoms with E-state index in [2.05, 4.69) is 0 Å². The second kappa shape index (κ2) is 6.76. The molecular formula is C15H22O3. The molecule has 1 aliphatic heterocycles. The van der Waals surface area contributed by atoms with Crippen LogP contribution in [-0.2, 0) is 4.74 Å². The van der Waals surface area contributed by atoms with E-state index >= 15 is 0 Å². The second-order valence-corrected chi connectivity index (χ2v) is 4.71. The molecule has 1 heterocycles. The molecular weight excluding hydrogens is 228 g/mol. The summed E-state index contributed by atoms with van der Waals surface area (Å²) in [6.45, 7) is 3.39. The average Bonchev–Trinajstić information content (AvgIpc) is 2.41. The van der Waals surface area contributed by atoms with Gasteiger partial charge in [0.2, 0.25) is 0 Å². The summed E-state index contributed by atoms with van der Waals surface area (Å²) in [6.07, 6.45) is 3.73. The zero-order valence-corrected chi connectivity index (χ0v) is 11.0. The third-order valence-corrected chi connectivity index (χ3v) is 3.34. The standard InChI is InChI=1S/C15H22O3/c1-2-17-15-9-4-3-8-13(15)14(16)11-12-7-5-6-10-18-12/h3-4,8-9,12,14,16H,2,5-7,10-11H2,1H3. The van der Waals surface area contributed by atoms with Gasteiger partial charge in [-0.15, -0.1) is 0 Å². The van der Waals surface area contributed by atoms with Crippen molar-refractivity contribution >= 4 is 0 Å². The topological polar surface area (TPSA) is 38.7 Å². The number of aliphatic hydroxyl groups is 1. The first-order valence-corrected chi connectivity index (χ1v) is 6.82. The van der Waals surface area contributed by atoms with Crippen molar-refractivity contribution in [1.82, 2.24) is 0 Å². The van der Waals surface area contributed by atoms with E-state index in [4.69, 9.17) is 9.47 Å². The maximum atomic E-state index is 10.3. The summed E-state index contributed by atoms with van der Waals surface area (Å²) in [7, 11) is 0. The van der Waals surface area contributed by atoms with Gasteiger partial charge >= 0.3 is 0 Å². The lowest BCUT2D eigenvalue weighted by molar-refractivity contribution is -0.0159. The monoisotopic (exact) mass is 250 g/mol. The van der Waals surface area contributed by atoms with Crippen LogP contribution in [0.25, 0.3) is 0 Å². The van der Waals surface area contributed by atoms with E-state index in [0.29, 0.717) is 13.0 Å². The normalized spacial score (nSPS) is 21.6. The highest BCUT2D eigenvalue weighted by atomic mass is 16.5. The lowest BCUT2D eigenvalue weighted by Gasteiger charge is -2.25. The molecule has 1 saturated heterocycles. The molecule has 3 heteroatoms. The van der Waals surface area contributed by atoms with E-state index in [1.54, 1.807) is 0 Å². The highest BCUT2D eigenvalue weighted by Crippen LogP contribution is 2.30. The summed E-state index contributed by atoms with van der Waals surface area (Å²) in [4.78, 5) is 0. The zero-order chi connectivity index (χ0) is 12.8. The highest BCUT2D eigenvalue weighted by molar-refractivity contribution is 5.35. The first-order chi connectivity index (χ1) is 8.81. The summed E-state index contributed by atoms with van der Waals surface area (Å²) in [6, 6.07) is 7.70. The summed E-state index contributed by atoms with van der Waals surface area (Å²) < 4.78 is 11.2. The molecule has 0 bridgehead atoms. The van der Waals surface area contributed by atoms with Crippen LogP contribution in [0, 0.1) is 0 Å². The predicted molar refractivity (Wildman–Crippen MR) is 70.8 cm³/mol. The Morgan fingerprint density at radius 1 is 1.39 bits per heavy atom. The van der Waals surface area contributed by atoms with Crippen LogP contribution in [0.2, 0.25) is 0 Å². The predicted octanol–water partition coefficient (Wildman–Crippen LogP) is 3.08. The Bertz CT molecular complexity index is 359. The third kappa shape index (κ3) is 3.47. The summed E-state index contributed by atoms with van der Waals surface area (Å²) >= 11 is 0. The molecule has 3 nitrogen and oxygen atoms in total. The van der Waals surface area contributed by atoms with Crippen LogP contribution in [0.3, 0.4) is 0 Å². The number of aliphatic hydroxyl groups excluding tert-OH is 1. The number of hydrogen-bond acceptors (Lipinski definition) is 3. The van der Waals surface area contributed by atoms with Gasteiger partial charge in [-0.3, -0.25) is 0 Å². The van der Waals surface area contributed by atoms with Gasteiger partial charge in [-0.2, -0.15) is 0 Å². The molecule has 0 aliphatic carbocycles. The summed E-state index contributed by atoms with van der Waals surface area (Å²) in [5.74, 6) is 0.781. The fourth-order valence-corrected chi connectivity index (χ4v) is 2.41. The number of benzene rings is 1. The Morgan fingerprint density at radius 3 is 2.94 bits per heavy atom. The smallest absolute Gasteiger partial charge is 0.125 e. The minimum Gasteiger partial charge on any atom is -0.493 e. The van der Waals surface area contributed by atoms with Gasteiger partial charge in [0.05, 0.1) is 18.8 Å². The molecule has 1 aromatic carbocycles. The van der Waals surface area contributed by atoms with Gasteiger partial charge in [-0.05, 0) is 32.3 Å². The quantitative estimate of drug-likeness (QED) is 0.872. The van der Waals surface area contributed by atoms with Crippen LogP contribution in [-0.4, -0.2) is 24.4 Å². The van der Waals surface area contributed by atoms with Crippen LogP contribution in [0.1, 0.15) is 44.3 Å². The SMILES string of the molecule is CCOc1ccccc1C(O)CC1CCCCO1. The van der Waals surface area contributed by atoms with Gasteiger partial charge in [0.1, 0.15) is 5.75 Å². The second-order valence-electron chi connectivity index (χ2n) is 4.71. The Balaban J connectivity index is 2.00. The number of para-hydroxylation sites is 1. The molecule has 100 valence electrons. The molecule has 1 N–H and O–H groups in total. The molecule has 2 atom stereocenters. The van der Waals surface area contributed by atoms with Crippen molar-refractivity contribution in [2.75, 3.05) is 13.2 Å². The molecule has 0 aromatic heterocycles. The van der Waals surface area contributed by atoms with Crippen molar-refractivity contribution in [3.8, 4) is 5.75 Å². The number of ether oxygens (including phenoxy) is 2. The molecule has 1 fully saturated rings. The van der Waals surface area contributed by atoms with Crippen molar-refractivity contribution in [2.45, 2.75) is 44.8 Å². The highest BCUT2D eigenvalue weighted by Gasteiger charge is 2.21. The Labute approximate surface area is 109 Å². The van der Waals surface area contributed by atoms with Gasteiger partial charge < -0.3 is 14.6 Å². The zero-order valence-electron chi connectivity index (χ0n) is 11.0. The average molecular weight is 250 g/mol. The minimum atomic E-state index is -0.504. The fourth-order valence-electron chi connectivity index (χ4n) is 2.41. The van der Waals surface area contributed by atoms with Gasteiger partial charge in [0.25, 0.3) is 0 Å². The molecule has 1 aliphatic rings. The van der Waals surface area contributed by atoms with Crippen LogP contribution in [0.15, 0.2) is 24.3 Å². The van der Waals surface area contributed by atoms with Crippen molar-refractivity contribution in [3.05, 3.63) is 29.8 Å². The Hall–Kier alpha value is -1.06. The Kier molecular flexibility index (Phi) is 5.02. The van der Waals surface area contributed by atoms with Gasteiger partial charge in [-0.25, -0.2) is 0 Å². The third-order valence-electron chi connectivity index (χ3n) is 3.34. The Morgan fingerprint density at radius 2 is 2.22 bits per heavy atom. The van der Waals surface area contributed by atoms with Crippen LogP contribution < -0.4 is 4.74 Å². The van der Waals surface area contributed by atoms with Crippen molar-refractivity contribution < 1.29 is 14.6 Å². The van der Waals surface area contributed by atoms with E-state index in [0.717, 1.165) is 30.8 Å². The number of rotatable bonds is 5. The molecule has 2 rings (SSSR count). The largest absolute Gasteiger partial charge is 0.493 e. The van der Waals surface area contributed by atoms with Crippen molar-refractivity contribution in [3.63, 3.8) is 0 Å². The van der Waals surface area contributed by atoms with E-state index in [9.17, 15) is 5.11 Å². The molecule has 0 spiro atoms. The first kappa shape index (κ1) is 13.4. The molecule has 0 radical (unpaired) electrons. The van der Waals surface area contributed by atoms with Gasteiger partial charge in [0, 0.05) is 18.6 Å². The molecule has 1 aromatic rings. The van der Waals surface area contributed by atoms with Gasteiger partial charge in [0.15, 0.2) is 0 Å². The van der Waals surface area contributed by atoms with Gasteiger partial charge in [-0.1, -0.05) is 18.2 Å². The first-order valence-electron chi connectivity index (χ1n) is 6.82. The summed E-state index contributed by atoms with van der Waals surface area (Å²) in [5.41, 5.74) is 0.869. The van der Waals surface area contributed by atoms with Crippen molar-refractivity contribution in [1.29, 1.82) is 0 Å². The number of hydrogen-bond donors (Lipinski definition) is 1. The van der Waals surface area contributed by atoms with E-state index in [1.807, 2.05) is 31.2 Å². The fraction of sp³-hybridized carbons (Fsp3) is 0.600. The lowest BCUT2D eigenvalue weighted by Crippen LogP contribution is -2.21. The minimum absolute atomic E-state index is 0.184. The maximum absolute atomic E-state index is 10.3. The van der Waals surface area contributed by atoms with Crippen LogP contribution >= 0.6 is 0 Å². The molecule has 0 amide bonds. The van der Waals surface area contributed by atoms with E-state index in [1.165, 1.54) is 6.42 Å². The van der Waals surface area contributed by atoms with Crippen molar-refractivity contribution in [2.24, 2.45) is 0 Å². The molecule has 2 unspecified atom stereocenters. The molecule has 18 heavy (non-hydrogen) atoms. The van der Waals surface area contributed by atoms with E-state index < -0.39 is 6.10 Å². The summed E-state index contributed by atoms with van der Waals surface area (Å²) in [5, 5.41) is 10.3. The maximum Gasteiger partial charge on any atom is 0.125 e. The van der Waals surface area contributed by atoms with Crippen LogP contribution in [0.4, 0.5) is 0 Å². The molecule has 0 saturated carbocycles.